The van der Waals surface area contributed by atoms with Gasteiger partial charge in [-0.15, -0.1) is 0 Å². The van der Waals surface area contributed by atoms with Gasteiger partial charge >= 0.3 is 0 Å². The van der Waals surface area contributed by atoms with E-state index in [1.54, 1.807) is 25.2 Å². The van der Waals surface area contributed by atoms with Crippen molar-refractivity contribution in [2.24, 2.45) is 7.05 Å². The van der Waals surface area contributed by atoms with Crippen molar-refractivity contribution in [1.29, 1.82) is 0 Å². The average Bonchev–Trinajstić information content (AvgIpc) is 3.43. The number of imidazole rings is 1. The highest BCUT2D eigenvalue weighted by molar-refractivity contribution is 5.84. The van der Waals surface area contributed by atoms with Crippen molar-refractivity contribution < 1.29 is 18.3 Å². The van der Waals surface area contributed by atoms with Gasteiger partial charge in [-0.25, -0.2) is 18.4 Å². The van der Waals surface area contributed by atoms with Gasteiger partial charge in [-0.05, 0) is 22.6 Å². The number of benzene rings is 1. The standard InChI is InChI=1S/C18H19F2N11O2/c1-29-18(26-27-28-29)24-15-22-16(30-6-8-33-9-7-30)25-17(23-15)31-10-4-3-5-11(32-2)12(10)21-14(31)13(19)20/h3-5,13H,6-9H2,1-2H3,(H,22,23,24,25,26,28). The first-order valence-corrected chi connectivity index (χ1v) is 9.97. The van der Waals surface area contributed by atoms with Crippen LogP contribution < -0.4 is 15.0 Å². The van der Waals surface area contributed by atoms with Crippen LogP contribution in [0.5, 0.6) is 5.75 Å². The molecule has 0 unspecified atom stereocenters. The van der Waals surface area contributed by atoms with Crippen molar-refractivity contribution in [3.63, 3.8) is 0 Å². The van der Waals surface area contributed by atoms with Crippen molar-refractivity contribution in [3.05, 3.63) is 24.0 Å². The third kappa shape index (κ3) is 3.86. The summed E-state index contributed by atoms with van der Waals surface area (Å²) in [5, 5.41) is 14.1. The smallest absolute Gasteiger partial charge is 0.296 e. The SMILES string of the molecule is COc1cccc2c1nc(C(F)F)n2-c1nc(Nc2nnnn2C)nc(N2CCOCC2)n1. The molecular formula is C18H19F2N11O2. The van der Waals surface area contributed by atoms with E-state index in [1.165, 1.54) is 16.4 Å². The molecule has 33 heavy (non-hydrogen) atoms. The summed E-state index contributed by atoms with van der Waals surface area (Å²) in [6.45, 7) is 2.05. The van der Waals surface area contributed by atoms with Crippen LogP contribution in [0.3, 0.4) is 0 Å². The number of hydrogen-bond acceptors (Lipinski definition) is 11. The molecule has 0 saturated carbocycles. The normalized spacial score (nSPS) is 14.3. The van der Waals surface area contributed by atoms with E-state index in [0.29, 0.717) is 43.5 Å². The van der Waals surface area contributed by atoms with Gasteiger partial charge < -0.3 is 14.4 Å². The second kappa shape index (κ2) is 8.50. The Balaban J connectivity index is 1.70. The average molecular weight is 459 g/mol. The summed E-state index contributed by atoms with van der Waals surface area (Å²) in [5.41, 5.74) is 0.644. The van der Waals surface area contributed by atoms with E-state index in [1.807, 2.05) is 4.90 Å². The minimum absolute atomic E-state index is 0.0322. The van der Waals surface area contributed by atoms with E-state index in [9.17, 15) is 8.78 Å². The van der Waals surface area contributed by atoms with Gasteiger partial charge in [0.05, 0.1) is 25.8 Å². The minimum atomic E-state index is -2.88. The van der Waals surface area contributed by atoms with Crippen LogP contribution in [-0.2, 0) is 11.8 Å². The van der Waals surface area contributed by atoms with Crippen LogP contribution in [0, 0.1) is 0 Å². The van der Waals surface area contributed by atoms with Crippen LogP contribution in [0.4, 0.5) is 26.6 Å². The van der Waals surface area contributed by atoms with Crippen LogP contribution in [0.15, 0.2) is 18.2 Å². The largest absolute Gasteiger partial charge is 0.494 e. The lowest BCUT2D eigenvalue weighted by Gasteiger charge is -2.27. The number of nitrogens with one attached hydrogen (secondary N) is 1. The van der Waals surface area contributed by atoms with Crippen LogP contribution >= 0.6 is 0 Å². The zero-order valence-corrected chi connectivity index (χ0v) is 17.7. The number of tetrazole rings is 1. The van der Waals surface area contributed by atoms with E-state index in [-0.39, 0.29) is 23.4 Å². The summed E-state index contributed by atoms with van der Waals surface area (Å²) in [6, 6.07) is 4.98. The molecule has 4 aromatic rings. The Kier molecular flexibility index (Phi) is 5.37. The second-order valence-corrected chi connectivity index (χ2v) is 7.04. The maximum absolute atomic E-state index is 14.0. The predicted octanol–water partition coefficient (Wildman–Crippen LogP) is 1.26. The third-order valence-electron chi connectivity index (χ3n) is 5.04. The Morgan fingerprint density at radius 2 is 1.88 bits per heavy atom. The number of nitrogens with zero attached hydrogens (tertiary/aromatic N) is 10. The molecule has 1 fully saturated rings. The van der Waals surface area contributed by atoms with Crippen molar-refractivity contribution in [2.75, 3.05) is 43.6 Å². The Morgan fingerprint density at radius 3 is 2.58 bits per heavy atom. The molecule has 0 atom stereocenters. The number of alkyl halides is 2. The van der Waals surface area contributed by atoms with Crippen LogP contribution in [0.1, 0.15) is 12.2 Å². The number of morpholine rings is 1. The number of aryl methyl sites for hydroxylation is 1. The number of methoxy groups -OCH3 is 1. The summed E-state index contributed by atoms with van der Waals surface area (Å²) < 4.78 is 41.4. The number of fused-ring (bicyclic) bond motifs is 1. The molecule has 0 bridgehead atoms. The maximum atomic E-state index is 14.0. The van der Waals surface area contributed by atoms with E-state index < -0.39 is 12.2 Å². The highest BCUT2D eigenvalue weighted by Crippen LogP contribution is 2.32. The quantitative estimate of drug-likeness (QED) is 0.447. The number of rotatable bonds is 6. The lowest BCUT2D eigenvalue weighted by atomic mass is 10.3. The van der Waals surface area contributed by atoms with Gasteiger partial charge in [0.1, 0.15) is 11.3 Å². The predicted molar refractivity (Wildman–Crippen MR) is 111 cm³/mol. The van der Waals surface area contributed by atoms with Gasteiger partial charge in [0.2, 0.25) is 23.8 Å². The molecule has 0 amide bonds. The lowest BCUT2D eigenvalue weighted by molar-refractivity contribution is 0.122. The molecule has 15 heteroatoms. The molecule has 0 aliphatic carbocycles. The minimum Gasteiger partial charge on any atom is -0.494 e. The third-order valence-corrected chi connectivity index (χ3v) is 5.04. The molecule has 1 aromatic carbocycles. The van der Waals surface area contributed by atoms with Gasteiger partial charge in [0.15, 0.2) is 5.82 Å². The molecule has 0 spiro atoms. The van der Waals surface area contributed by atoms with E-state index in [2.05, 4.69) is 40.8 Å². The van der Waals surface area contributed by atoms with Gasteiger partial charge in [0.25, 0.3) is 6.43 Å². The van der Waals surface area contributed by atoms with Crippen LogP contribution in [-0.4, -0.2) is 78.1 Å². The first-order valence-electron chi connectivity index (χ1n) is 9.97. The monoisotopic (exact) mass is 459 g/mol. The van der Waals surface area contributed by atoms with Gasteiger partial charge in [-0.1, -0.05) is 11.2 Å². The Bertz CT molecular complexity index is 1290. The van der Waals surface area contributed by atoms with E-state index in [0.717, 1.165) is 0 Å². The number of anilines is 3. The summed E-state index contributed by atoms with van der Waals surface area (Å²) in [6.07, 6.45) is -2.88. The molecule has 3 aromatic heterocycles. The number of hydrogen-bond donors (Lipinski definition) is 1. The molecule has 172 valence electrons. The van der Waals surface area contributed by atoms with Crippen molar-refractivity contribution in [1.82, 2.24) is 44.7 Å². The second-order valence-electron chi connectivity index (χ2n) is 7.04. The fourth-order valence-electron chi connectivity index (χ4n) is 3.46. The molecule has 1 N–H and O–H groups in total. The fraction of sp³-hybridized carbons (Fsp3) is 0.389. The summed E-state index contributed by atoms with van der Waals surface area (Å²) in [5.74, 6) is 0.468. The van der Waals surface area contributed by atoms with Crippen molar-refractivity contribution in [3.8, 4) is 11.7 Å². The van der Waals surface area contributed by atoms with Gasteiger partial charge in [-0.3, -0.25) is 9.88 Å². The summed E-state index contributed by atoms with van der Waals surface area (Å²) in [7, 11) is 3.09. The Morgan fingerprint density at radius 1 is 1.09 bits per heavy atom. The fourth-order valence-corrected chi connectivity index (χ4v) is 3.46. The molecule has 1 saturated heterocycles. The molecule has 1 aliphatic heterocycles. The molecule has 1 aliphatic rings. The van der Waals surface area contributed by atoms with E-state index in [4.69, 9.17) is 9.47 Å². The molecule has 4 heterocycles. The lowest BCUT2D eigenvalue weighted by Crippen LogP contribution is -2.37. The number of para-hydroxylation sites is 1. The first-order chi connectivity index (χ1) is 16.0. The zero-order chi connectivity index (χ0) is 22.9. The zero-order valence-electron chi connectivity index (χ0n) is 17.7. The van der Waals surface area contributed by atoms with Gasteiger partial charge in [0, 0.05) is 20.1 Å². The highest BCUT2D eigenvalue weighted by atomic mass is 19.3. The summed E-state index contributed by atoms with van der Waals surface area (Å²) >= 11 is 0. The van der Waals surface area contributed by atoms with Crippen LogP contribution in [0.2, 0.25) is 0 Å². The maximum Gasteiger partial charge on any atom is 0.296 e. The number of aromatic nitrogens is 9. The highest BCUT2D eigenvalue weighted by Gasteiger charge is 2.26. The van der Waals surface area contributed by atoms with Crippen molar-refractivity contribution >= 4 is 28.9 Å². The molecular weight excluding hydrogens is 440 g/mol. The Labute approximate surface area is 185 Å². The number of halogens is 2. The van der Waals surface area contributed by atoms with Gasteiger partial charge in [-0.2, -0.15) is 15.0 Å². The number of ether oxygens (including phenoxy) is 2. The first kappa shape index (κ1) is 20.9. The topological polar surface area (TPSA) is 134 Å². The molecule has 5 rings (SSSR count). The Hall–Kier alpha value is -4.01. The van der Waals surface area contributed by atoms with Crippen LogP contribution in [0.25, 0.3) is 17.0 Å². The molecule has 0 radical (unpaired) electrons. The van der Waals surface area contributed by atoms with Crippen molar-refractivity contribution in [2.45, 2.75) is 6.43 Å². The summed E-state index contributed by atoms with van der Waals surface area (Å²) in [4.78, 5) is 19.3. The molecule has 13 nitrogen and oxygen atoms in total. The van der Waals surface area contributed by atoms with E-state index >= 15 is 0 Å².